The van der Waals surface area contributed by atoms with Crippen LogP contribution in [0.2, 0.25) is 0 Å². The summed E-state index contributed by atoms with van der Waals surface area (Å²) in [5, 5.41) is 0.277. The Kier molecular flexibility index (Phi) is 7.38. The number of pyridine rings is 1. The summed E-state index contributed by atoms with van der Waals surface area (Å²) in [6.45, 7) is -0.0305. The fourth-order valence-corrected chi connectivity index (χ4v) is 6.72. The Hall–Kier alpha value is -5.10. The summed E-state index contributed by atoms with van der Waals surface area (Å²) in [5.41, 5.74) is 1.10. The van der Waals surface area contributed by atoms with Crippen LogP contribution in [0.1, 0.15) is 24.0 Å². The predicted octanol–water partition coefficient (Wildman–Crippen LogP) is 5.10. The molecule has 224 valence electrons. The van der Waals surface area contributed by atoms with E-state index in [2.05, 4.69) is 0 Å². The van der Waals surface area contributed by atoms with Crippen molar-refractivity contribution in [3.05, 3.63) is 118 Å². The number of nitrogens with zero attached hydrogens (tertiary/aromatic N) is 3. The van der Waals surface area contributed by atoms with E-state index in [-0.39, 0.29) is 59.4 Å². The smallest absolute Gasteiger partial charge is 0.275 e. The molecule has 0 spiro atoms. The SMILES string of the molecule is Cn1cc(-c2cc(CN3C(=O)CCC3=O)ccc2Oc2ccc(F)cc2F)c2ccn(S(=O)(=O)Cc3ccccc3)c2c1=O. The zero-order valence-corrected chi connectivity index (χ0v) is 24.2. The first-order valence-electron chi connectivity index (χ1n) is 13.6. The molecule has 1 fully saturated rings. The second-order valence-corrected chi connectivity index (χ2v) is 12.3. The first-order chi connectivity index (χ1) is 21.0. The molecule has 0 bridgehead atoms. The average Bonchev–Trinajstić information content (AvgIpc) is 3.58. The van der Waals surface area contributed by atoms with E-state index in [1.807, 2.05) is 0 Å². The van der Waals surface area contributed by atoms with Gasteiger partial charge in [0.15, 0.2) is 11.6 Å². The highest BCUT2D eigenvalue weighted by molar-refractivity contribution is 7.89. The molecule has 5 aromatic rings. The van der Waals surface area contributed by atoms with Crippen molar-refractivity contribution in [3.63, 3.8) is 0 Å². The molecular weight excluding hydrogens is 592 g/mol. The summed E-state index contributed by atoms with van der Waals surface area (Å²) >= 11 is 0. The molecule has 9 nitrogen and oxygen atoms in total. The monoisotopic (exact) mass is 617 g/mol. The number of amides is 2. The van der Waals surface area contributed by atoms with Crippen LogP contribution in [0, 0.1) is 11.6 Å². The summed E-state index contributed by atoms with van der Waals surface area (Å²) in [4.78, 5) is 39.2. The zero-order valence-electron chi connectivity index (χ0n) is 23.4. The lowest BCUT2D eigenvalue weighted by atomic mass is 10.00. The highest BCUT2D eigenvalue weighted by atomic mass is 32.2. The van der Waals surface area contributed by atoms with Crippen molar-refractivity contribution in [2.45, 2.75) is 25.1 Å². The van der Waals surface area contributed by atoms with Gasteiger partial charge in [0.2, 0.25) is 21.8 Å². The Labute approximate surface area is 250 Å². The van der Waals surface area contributed by atoms with Crippen molar-refractivity contribution in [1.82, 2.24) is 13.4 Å². The summed E-state index contributed by atoms with van der Waals surface area (Å²) in [5.74, 6) is -2.87. The lowest BCUT2D eigenvalue weighted by Gasteiger charge is -2.18. The van der Waals surface area contributed by atoms with E-state index in [9.17, 15) is 31.6 Å². The number of carbonyl (C=O) groups excluding carboxylic acids is 2. The summed E-state index contributed by atoms with van der Waals surface area (Å²) in [6.07, 6.45) is 3.03. The Morgan fingerprint density at radius 1 is 0.818 bits per heavy atom. The van der Waals surface area contributed by atoms with Gasteiger partial charge < -0.3 is 9.30 Å². The number of aromatic nitrogens is 2. The maximum absolute atomic E-state index is 14.6. The second kappa shape index (κ2) is 11.2. The number of halogens is 2. The van der Waals surface area contributed by atoms with Gasteiger partial charge in [-0.15, -0.1) is 0 Å². The number of benzene rings is 3. The van der Waals surface area contributed by atoms with Crippen LogP contribution in [-0.2, 0) is 39.0 Å². The van der Waals surface area contributed by atoms with Gasteiger partial charge in [-0.1, -0.05) is 36.4 Å². The highest BCUT2D eigenvalue weighted by Gasteiger charge is 2.29. The van der Waals surface area contributed by atoms with Crippen molar-refractivity contribution in [2.24, 2.45) is 7.05 Å². The van der Waals surface area contributed by atoms with Crippen LogP contribution in [0.25, 0.3) is 22.0 Å². The van der Waals surface area contributed by atoms with E-state index in [1.54, 1.807) is 42.5 Å². The van der Waals surface area contributed by atoms with Crippen LogP contribution >= 0.6 is 0 Å². The zero-order chi connectivity index (χ0) is 31.2. The van der Waals surface area contributed by atoms with Gasteiger partial charge in [-0.3, -0.25) is 19.3 Å². The number of ether oxygens (including phenoxy) is 1. The first-order valence-corrected chi connectivity index (χ1v) is 15.2. The minimum Gasteiger partial charge on any atom is -0.454 e. The normalized spacial score (nSPS) is 13.7. The number of fused-ring (bicyclic) bond motifs is 1. The molecular formula is C32H25F2N3O6S. The molecule has 2 aromatic heterocycles. The van der Waals surface area contributed by atoms with Gasteiger partial charge in [-0.25, -0.2) is 21.2 Å². The van der Waals surface area contributed by atoms with E-state index < -0.39 is 27.2 Å². The van der Waals surface area contributed by atoms with Crippen LogP contribution in [0.3, 0.4) is 0 Å². The molecule has 1 aliphatic heterocycles. The molecule has 0 N–H and O–H groups in total. The quantitative estimate of drug-likeness (QED) is 0.224. The number of rotatable bonds is 8. The molecule has 0 radical (unpaired) electrons. The van der Waals surface area contributed by atoms with Gasteiger partial charge in [0, 0.05) is 54.9 Å². The van der Waals surface area contributed by atoms with Crippen molar-refractivity contribution >= 4 is 32.7 Å². The van der Waals surface area contributed by atoms with Gasteiger partial charge in [0.25, 0.3) is 5.56 Å². The van der Waals surface area contributed by atoms with Crippen LogP contribution in [0.4, 0.5) is 8.78 Å². The Bertz CT molecular complexity index is 2110. The van der Waals surface area contributed by atoms with Crippen molar-refractivity contribution in [1.29, 1.82) is 0 Å². The second-order valence-electron chi connectivity index (χ2n) is 10.5. The van der Waals surface area contributed by atoms with Crippen molar-refractivity contribution < 1.29 is 31.5 Å². The summed E-state index contributed by atoms with van der Waals surface area (Å²) in [6, 6.07) is 17.6. The third kappa shape index (κ3) is 5.39. The largest absolute Gasteiger partial charge is 0.454 e. The molecule has 12 heteroatoms. The van der Waals surface area contributed by atoms with E-state index in [0.29, 0.717) is 28.3 Å². The summed E-state index contributed by atoms with van der Waals surface area (Å²) < 4.78 is 63.3. The molecule has 1 aliphatic rings. The maximum atomic E-state index is 14.6. The molecule has 0 saturated carbocycles. The number of carbonyl (C=O) groups is 2. The fraction of sp³-hybridized carbons (Fsp3) is 0.156. The first kappa shape index (κ1) is 29.0. The van der Waals surface area contributed by atoms with Crippen LogP contribution in [0.5, 0.6) is 11.5 Å². The molecule has 44 heavy (non-hydrogen) atoms. The third-order valence-corrected chi connectivity index (χ3v) is 9.02. The number of hydrogen-bond acceptors (Lipinski definition) is 6. The highest BCUT2D eigenvalue weighted by Crippen LogP contribution is 2.39. The number of aryl methyl sites for hydroxylation is 1. The Morgan fingerprint density at radius 2 is 1.52 bits per heavy atom. The molecule has 3 aromatic carbocycles. The molecule has 0 unspecified atom stereocenters. The van der Waals surface area contributed by atoms with Crippen LogP contribution in [0.15, 0.2) is 90.0 Å². The predicted molar refractivity (Wildman–Crippen MR) is 158 cm³/mol. The van der Waals surface area contributed by atoms with E-state index >= 15 is 0 Å². The Morgan fingerprint density at radius 3 is 2.23 bits per heavy atom. The Balaban J connectivity index is 1.52. The van der Waals surface area contributed by atoms with Gasteiger partial charge in [0.1, 0.15) is 17.1 Å². The van der Waals surface area contributed by atoms with Gasteiger partial charge in [0.05, 0.1) is 12.3 Å². The van der Waals surface area contributed by atoms with Crippen LogP contribution < -0.4 is 10.3 Å². The number of hydrogen-bond donors (Lipinski definition) is 0. The maximum Gasteiger partial charge on any atom is 0.275 e. The lowest BCUT2D eigenvalue weighted by molar-refractivity contribution is -0.139. The van der Waals surface area contributed by atoms with Gasteiger partial charge in [-0.05, 0) is 41.5 Å². The van der Waals surface area contributed by atoms with Crippen molar-refractivity contribution in [2.75, 3.05) is 0 Å². The molecule has 0 aliphatic carbocycles. The summed E-state index contributed by atoms with van der Waals surface area (Å²) in [7, 11) is -2.56. The standard InChI is InChI=1S/C32H25F2N3O6S/c1-35-18-25(23-13-14-37(31(23)32(35)40)44(41,42)19-20-5-3-2-4-6-20)24-15-21(17-36-29(38)11-12-30(36)39)7-9-27(24)43-28-10-8-22(33)16-26(28)34/h2-10,13-16,18H,11-12,17,19H2,1H3. The molecule has 6 rings (SSSR count). The average molecular weight is 618 g/mol. The van der Waals surface area contributed by atoms with E-state index in [0.717, 1.165) is 21.0 Å². The number of likely N-dealkylation sites (tertiary alicyclic amines) is 1. The lowest BCUT2D eigenvalue weighted by Crippen LogP contribution is -2.28. The van der Waals surface area contributed by atoms with E-state index in [1.165, 1.54) is 36.1 Å². The molecule has 0 atom stereocenters. The van der Waals surface area contributed by atoms with E-state index in [4.69, 9.17) is 4.74 Å². The fourth-order valence-electron chi connectivity index (χ4n) is 5.26. The molecule has 3 heterocycles. The molecule has 1 saturated heterocycles. The third-order valence-electron chi connectivity index (χ3n) is 7.42. The van der Waals surface area contributed by atoms with Crippen molar-refractivity contribution in [3.8, 4) is 22.6 Å². The van der Waals surface area contributed by atoms with Gasteiger partial charge in [-0.2, -0.15) is 0 Å². The van der Waals surface area contributed by atoms with Gasteiger partial charge >= 0.3 is 0 Å². The minimum absolute atomic E-state index is 0.0305. The molecule has 2 amide bonds. The van der Waals surface area contributed by atoms with Crippen LogP contribution in [-0.4, -0.2) is 33.7 Å². The number of imide groups is 1. The topological polar surface area (TPSA) is 108 Å². The minimum atomic E-state index is -4.03.